The largest absolute Gasteiger partial charge is 0.354 e. The molecule has 1 N–H and O–H groups in total. The second kappa shape index (κ2) is 4.57. The van der Waals surface area contributed by atoms with E-state index in [-0.39, 0.29) is 0 Å². The van der Waals surface area contributed by atoms with Gasteiger partial charge >= 0.3 is 0 Å². The van der Waals surface area contributed by atoms with Crippen molar-refractivity contribution in [1.29, 1.82) is 0 Å². The maximum atomic E-state index is 5.79. The second-order valence-electron chi connectivity index (χ2n) is 3.29. The highest BCUT2D eigenvalue weighted by Crippen LogP contribution is 2.13. The minimum Gasteiger partial charge on any atom is -0.354 e. The van der Waals surface area contributed by atoms with Gasteiger partial charge in [-0.25, -0.2) is 4.98 Å². The van der Waals surface area contributed by atoms with E-state index in [0.29, 0.717) is 5.15 Å². The molecule has 0 aromatic carbocycles. The molecule has 14 heavy (non-hydrogen) atoms. The van der Waals surface area contributed by atoms with E-state index in [0.717, 1.165) is 38.4 Å². The predicted octanol–water partition coefficient (Wildman–Crippen LogP) is 0.930. The van der Waals surface area contributed by atoms with Crippen molar-refractivity contribution in [3.8, 4) is 0 Å². The summed E-state index contributed by atoms with van der Waals surface area (Å²) < 4.78 is 0. The third kappa shape index (κ3) is 2.33. The Bertz CT molecular complexity index is 297. The molecule has 2 rings (SSSR count). The van der Waals surface area contributed by atoms with Gasteiger partial charge in [-0.15, -0.1) is 0 Å². The van der Waals surface area contributed by atoms with Gasteiger partial charge in [-0.1, -0.05) is 11.6 Å². The fourth-order valence-electron chi connectivity index (χ4n) is 1.56. The van der Waals surface area contributed by atoms with Crippen molar-refractivity contribution in [2.24, 2.45) is 0 Å². The van der Waals surface area contributed by atoms with Gasteiger partial charge in [-0.3, -0.25) is 4.98 Å². The average Bonchev–Trinajstić information content (AvgIpc) is 2.45. The van der Waals surface area contributed by atoms with Crippen LogP contribution in [0.5, 0.6) is 0 Å². The zero-order valence-corrected chi connectivity index (χ0v) is 8.67. The molecular weight excluding hydrogens is 200 g/mol. The Balaban J connectivity index is 2.12. The smallest absolute Gasteiger partial charge is 0.149 e. The first-order chi connectivity index (χ1) is 6.86. The minimum absolute atomic E-state index is 0.458. The van der Waals surface area contributed by atoms with Crippen LogP contribution >= 0.6 is 11.6 Å². The Morgan fingerprint density at radius 2 is 2.21 bits per heavy atom. The molecule has 0 atom stereocenters. The van der Waals surface area contributed by atoms with Crippen molar-refractivity contribution < 1.29 is 0 Å². The van der Waals surface area contributed by atoms with Crippen molar-refractivity contribution in [2.45, 2.75) is 6.42 Å². The topological polar surface area (TPSA) is 41.1 Å². The summed E-state index contributed by atoms with van der Waals surface area (Å²) in [6.07, 6.45) is 4.45. The van der Waals surface area contributed by atoms with Gasteiger partial charge in [-0.05, 0) is 13.0 Å². The van der Waals surface area contributed by atoms with Crippen LogP contribution in [0, 0.1) is 0 Å². The summed E-state index contributed by atoms with van der Waals surface area (Å²) in [6, 6.07) is 0. The number of rotatable bonds is 1. The van der Waals surface area contributed by atoms with Crippen molar-refractivity contribution in [1.82, 2.24) is 15.3 Å². The summed E-state index contributed by atoms with van der Waals surface area (Å²) in [7, 11) is 0. The van der Waals surface area contributed by atoms with Gasteiger partial charge in [0, 0.05) is 19.6 Å². The highest BCUT2D eigenvalue weighted by atomic mass is 35.5. The fourth-order valence-corrected chi connectivity index (χ4v) is 1.70. The molecule has 1 saturated heterocycles. The lowest BCUT2D eigenvalue weighted by Crippen LogP contribution is -2.28. The molecule has 76 valence electrons. The van der Waals surface area contributed by atoms with E-state index >= 15 is 0 Å². The van der Waals surface area contributed by atoms with E-state index in [4.69, 9.17) is 11.6 Å². The quantitative estimate of drug-likeness (QED) is 0.752. The first kappa shape index (κ1) is 9.68. The SMILES string of the molecule is Clc1cncc(N2CCCNCC2)n1. The van der Waals surface area contributed by atoms with Crippen LogP contribution in [-0.4, -0.2) is 36.1 Å². The van der Waals surface area contributed by atoms with Gasteiger partial charge in [0.05, 0.1) is 12.4 Å². The first-order valence-corrected chi connectivity index (χ1v) is 5.17. The Labute approximate surface area is 88.3 Å². The molecule has 0 aliphatic carbocycles. The zero-order valence-electron chi connectivity index (χ0n) is 7.91. The molecule has 1 fully saturated rings. The molecule has 0 bridgehead atoms. The monoisotopic (exact) mass is 212 g/mol. The van der Waals surface area contributed by atoms with Crippen LogP contribution in [0.25, 0.3) is 0 Å². The van der Waals surface area contributed by atoms with Crippen molar-refractivity contribution in [3.05, 3.63) is 17.5 Å². The zero-order chi connectivity index (χ0) is 9.80. The molecule has 2 heterocycles. The van der Waals surface area contributed by atoms with Crippen LogP contribution in [0.2, 0.25) is 5.15 Å². The molecule has 0 unspecified atom stereocenters. The van der Waals surface area contributed by atoms with Gasteiger partial charge in [0.25, 0.3) is 0 Å². The first-order valence-electron chi connectivity index (χ1n) is 4.79. The van der Waals surface area contributed by atoms with Crippen molar-refractivity contribution in [3.63, 3.8) is 0 Å². The highest BCUT2D eigenvalue weighted by molar-refractivity contribution is 6.29. The average molecular weight is 213 g/mol. The van der Waals surface area contributed by atoms with Crippen LogP contribution in [0.3, 0.4) is 0 Å². The lowest BCUT2D eigenvalue weighted by atomic mass is 10.4. The molecule has 1 aliphatic rings. The number of hydrogen-bond donors (Lipinski definition) is 1. The Kier molecular flexibility index (Phi) is 3.16. The normalized spacial score (nSPS) is 17.9. The highest BCUT2D eigenvalue weighted by Gasteiger charge is 2.10. The number of anilines is 1. The van der Waals surface area contributed by atoms with Crippen LogP contribution in [0.1, 0.15) is 6.42 Å². The van der Waals surface area contributed by atoms with Gasteiger partial charge in [0.2, 0.25) is 0 Å². The molecule has 1 aromatic rings. The molecule has 0 amide bonds. The molecule has 0 saturated carbocycles. The van der Waals surface area contributed by atoms with Crippen LogP contribution in [0.4, 0.5) is 5.82 Å². The molecule has 1 aliphatic heterocycles. The standard InChI is InChI=1S/C9H13ClN4/c10-8-6-12-7-9(13-8)14-4-1-2-11-3-5-14/h6-7,11H,1-5H2. The van der Waals surface area contributed by atoms with Crippen LogP contribution in [-0.2, 0) is 0 Å². The number of halogens is 1. The number of nitrogens with one attached hydrogen (secondary N) is 1. The van der Waals surface area contributed by atoms with Crippen molar-refractivity contribution in [2.75, 3.05) is 31.1 Å². The summed E-state index contributed by atoms with van der Waals surface area (Å²) in [5, 5.41) is 3.80. The van der Waals surface area contributed by atoms with Gasteiger partial charge in [-0.2, -0.15) is 0 Å². The number of aromatic nitrogens is 2. The second-order valence-corrected chi connectivity index (χ2v) is 3.68. The van der Waals surface area contributed by atoms with Crippen molar-refractivity contribution >= 4 is 17.4 Å². The molecule has 0 spiro atoms. The van der Waals surface area contributed by atoms with Gasteiger partial charge in [0.15, 0.2) is 0 Å². The minimum atomic E-state index is 0.458. The van der Waals surface area contributed by atoms with Crippen LogP contribution in [0.15, 0.2) is 12.4 Å². The summed E-state index contributed by atoms with van der Waals surface area (Å²) in [4.78, 5) is 10.5. The fraction of sp³-hybridized carbons (Fsp3) is 0.556. The maximum absolute atomic E-state index is 5.79. The van der Waals surface area contributed by atoms with E-state index in [9.17, 15) is 0 Å². The molecular formula is C9H13ClN4. The Morgan fingerprint density at radius 1 is 1.29 bits per heavy atom. The summed E-state index contributed by atoms with van der Waals surface area (Å²) in [5.74, 6) is 0.876. The molecule has 0 radical (unpaired) electrons. The van der Waals surface area contributed by atoms with E-state index in [1.54, 1.807) is 12.4 Å². The molecule has 4 nitrogen and oxygen atoms in total. The maximum Gasteiger partial charge on any atom is 0.149 e. The van der Waals surface area contributed by atoms with Crippen LogP contribution < -0.4 is 10.2 Å². The van der Waals surface area contributed by atoms with E-state index in [1.807, 2.05) is 0 Å². The van der Waals surface area contributed by atoms with Gasteiger partial charge < -0.3 is 10.2 Å². The summed E-state index contributed by atoms with van der Waals surface area (Å²) >= 11 is 5.79. The third-order valence-electron chi connectivity index (χ3n) is 2.26. The third-order valence-corrected chi connectivity index (χ3v) is 2.44. The van der Waals surface area contributed by atoms with E-state index in [1.165, 1.54) is 0 Å². The summed E-state index contributed by atoms with van der Waals surface area (Å²) in [5.41, 5.74) is 0. The predicted molar refractivity (Wildman–Crippen MR) is 56.7 cm³/mol. The molecule has 5 heteroatoms. The number of hydrogen-bond acceptors (Lipinski definition) is 4. The Morgan fingerprint density at radius 3 is 3.07 bits per heavy atom. The molecule has 1 aromatic heterocycles. The number of nitrogens with zero attached hydrogens (tertiary/aromatic N) is 3. The lowest BCUT2D eigenvalue weighted by Gasteiger charge is -2.20. The Hall–Kier alpha value is -0.870. The summed E-state index contributed by atoms with van der Waals surface area (Å²) in [6.45, 7) is 4.05. The van der Waals surface area contributed by atoms with Gasteiger partial charge in [0.1, 0.15) is 11.0 Å². The van der Waals surface area contributed by atoms with E-state index in [2.05, 4.69) is 20.2 Å². The lowest BCUT2D eigenvalue weighted by molar-refractivity contribution is 0.724. The van der Waals surface area contributed by atoms with E-state index < -0.39 is 0 Å².